The highest BCUT2D eigenvalue weighted by atomic mass is 32.2. The lowest BCUT2D eigenvalue weighted by Crippen LogP contribution is -2.14. The Hall–Kier alpha value is -3.40. The van der Waals surface area contributed by atoms with Crippen LogP contribution >= 0.6 is 11.8 Å². The standard InChI is InChI=1S/C22H24N4O5S/c1-22(2,3)21-24-20(25-31-21)15-6-8-16(9-7-15)23-19(27)13-32-12-14-5-10-18(30-4)17(11-14)26(28)29/h5-11H,12-13H2,1-4H3,(H,23,27). The number of thioether (sulfide) groups is 1. The zero-order valence-corrected chi connectivity index (χ0v) is 19.1. The van der Waals surface area contributed by atoms with Crippen molar-refractivity contribution in [3.63, 3.8) is 0 Å². The Labute approximate surface area is 189 Å². The number of anilines is 1. The third-order valence-corrected chi connectivity index (χ3v) is 5.44. The van der Waals surface area contributed by atoms with Gasteiger partial charge >= 0.3 is 5.69 Å². The second-order valence-corrected chi connectivity index (χ2v) is 9.04. The van der Waals surface area contributed by atoms with E-state index < -0.39 is 4.92 Å². The van der Waals surface area contributed by atoms with Crippen molar-refractivity contribution in [2.45, 2.75) is 31.9 Å². The van der Waals surface area contributed by atoms with Crippen LogP contribution in [0.5, 0.6) is 5.75 Å². The van der Waals surface area contributed by atoms with Gasteiger partial charge in [-0.1, -0.05) is 32.0 Å². The predicted octanol–water partition coefficient (Wildman–Crippen LogP) is 4.82. The number of ether oxygens (including phenoxy) is 1. The second-order valence-electron chi connectivity index (χ2n) is 8.05. The number of rotatable bonds is 8. The van der Waals surface area contributed by atoms with E-state index in [4.69, 9.17) is 9.26 Å². The van der Waals surface area contributed by atoms with E-state index in [1.165, 1.54) is 24.9 Å². The molecule has 1 heterocycles. The highest BCUT2D eigenvalue weighted by Crippen LogP contribution is 2.29. The van der Waals surface area contributed by atoms with Gasteiger partial charge in [-0.15, -0.1) is 11.8 Å². The summed E-state index contributed by atoms with van der Waals surface area (Å²) < 4.78 is 10.3. The highest BCUT2D eigenvalue weighted by Gasteiger charge is 2.22. The fraction of sp³-hybridized carbons (Fsp3) is 0.318. The largest absolute Gasteiger partial charge is 0.490 e. The van der Waals surface area contributed by atoms with Gasteiger partial charge in [-0.05, 0) is 35.9 Å². The number of nitrogens with zero attached hydrogens (tertiary/aromatic N) is 3. The minimum absolute atomic E-state index is 0.0913. The van der Waals surface area contributed by atoms with E-state index in [9.17, 15) is 14.9 Å². The molecule has 0 fully saturated rings. The van der Waals surface area contributed by atoms with E-state index in [2.05, 4.69) is 15.5 Å². The van der Waals surface area contributed by atoms with Gasteiger partial charge in [-0.3, -0.25) is 14.9 Å². The zero-order chi connectivity index (χ0) is 23.3. The summed E-state index contributed by atoms with van der Waals surface area (Å²) in [6.07, 6.45) is 0. The number of nitro groups is 1. The van der Waals surface area contributed by atoms with Crippen LogP contribution in [0.1, 0.15) is 32.2 Å². The van der Waals surface area contributed by atoms with Gasteiger partial charge in [0.05, 0.1) is 17.8 Å². The van der Waals surface area contributed by atoms with Gasteiger partial charge in [0.2, 0.25) is 17.6 Å². The number of hydrogen-bond acceptors (Lipinski definition) is 8. The number of aromatic nitrogens is 2. The lowest BCUT2D eigenvalue weighted by atomic mass is 9.97. The van der Waals surface area contributed by atoms with Crippen molar-refractivity contribution >= 4 is 29.0 Å². The molecule has 0 spiro atoms. The lowest BCUT2D eigenvalue weighted by Gasteiger charge is -2.10. The van der Waals surface area contributed by atoms with Crippen LogP contribution in [0.15, 0.2) is 47.0 Å². The van der Waals surface area contributed by atoms with Gasteiger partial charge in [0, 0.05) is 28.5 Å². The molecule has 0 aliphatic rings. The van der Waals surface area contributed by atoms with Gasteiger partial charge in [-0.2, -0.15) is 4.98 Å². The molecule has 0 radical (unpaired) electrons. The zero-order valence-electron chi connectivity index (χ0n) is 18.2. The van der Waals surface area contributed by atoms with Crippen LogP contribution in [0.4, 0.5) is 11.4 Å². The Balaban J connectivity index is 1.53. The lowest BCUT2D eigenvalue weighted by molar-refractivity contribution is -0.385. The van der Waals surface area contributed by atoms with Gasteiger partial charge in [-0.25, -0.2) is 0 Å². The number of carbonyl (C=O) groups excluding carboxylic acids is 1. The molecule has 3 rings (SSSR count). The molecule has 0 saturated carbocycles. The van der Waals surface area contributed by atoms with E-state index in [1.807, 2.05) is 32.9 Å². The van der Waals surface area contributed by atoms with Crippen LogP contribution in [-0.2, 0) is 16.0 Å². The monoisotopic (exact) mass is 456 g/mol. The Morgan fingerprint density at radius 2 is 1.94 bits per heavy atom. The number of carbonyl (C=O) groups is 1. The summed E-state index contributed by atoms with van der Waals surface area (Å²) >= 11 is 1.36. The van der Waals surface area contributed by atoms with E-state index in [0.717, 1.165) is 11.1 Å². The number of nitro benzene ring substituents is 1. The minimum atomic E-state index is -0.484. The van der Waals surface area contributed by atoms with E-state index >= 15 is 0 Å². The van der Waals surface area contributed by atoms with E-state index in [0.29, 0.717) is 23.2 Å². The molecule has 0 aliphatic carbocycles. The van der Waals surface area contributed by atoms with Crippen LogP contribution in [-0.4, -0.2) is 33.8 Å². The van der Waals surface area contributed by atoms with Crippen LogP contribution in [0, 0.1) is 10.1 Å². The Morgan fingerprint density at radius 3 is 2.53 bits per heavy atom. The molecule has 1 amide bonds. The second kappa shape index (κ2) is 9.82. The summed E-state index contributed by atoms with van der Waals surface area (Å²) in [5.74, 6) is 1.77. The normalized spacial score (nSPS) is 11.2. The van der Waals surface area contributed by atoms with Crippen molar-refractivity contribution in [1.29, 1.82) is 0 Å². The quantitative estimate of drug-likeness (QED) is 0.378. The molecule has 0 atom stereocenters. The molecule has 1 aromatic heterocycles. The van der Waals surface area contributed by atoms with E-state index in [1.54, 1.807) is 24.3 Å². The van der Waals surface area contributed by atoms with Crippen LogP contribution in [0.3, 0.4) is 0 Å². The maximum absolute atomic E-state index is 12.2. The molecule has 0 bridgehead atoms. The summed E-state index contributed by atoms with van der Waals surface area (Å²) in [5, 5.41) is 18.0. The first-order valence-electron chi connectivity index (χ1n) is 9.81. The molecule has 9 nitrogen and oxygen atoms in total. The number of methoxy groups -OCH3 is 1. The Bertz CT molecular complexity index is 1110. The molecule has 0 aliphatic heterocycles. The van der Waals surface area contributed by atoms with E-state index in [-0.39, 0.29) is 28.5 Å². The summed E-state index contributed by atoms with van der Waals surface area (Å²) in [4.78, 5) is 27.3. The van der Waals surface area contributed by atoms with Crippen LogP contribution in [0.25, 0.3) is 11.4 Å². The molecular weight excluding hydrogens is 432 g/mol. The summed E-state index contributed by atoms with van der Waals surface area (Å²) in [6.45, 7) is 5.99. The summed E-state index contributed by atoms with van der Waals surface area (Å²) in [7, 11) is 1.39. The highest BCUT2D eigenvalue weighted by molar-refractivity contribution is 7.99. The number of nitrogens with one attached hydrogen (secondary N) is 1. The van der Waals surface area contributed by atoms with Crippen molar-refractivity contribution in [1.82, 2.24) is 10.1 Å². The smallest absolute Gasteiger partial charge is 0.311 e. The minimum Gasteiger partial charge on any atom is -0.490 e. The maximum Gasteiger partial charge on any atom is 0.311 e. The van der Waals surface area contributed by atoms with Gasteiger partial charge < -0.3 is 14.6 Å². The average molecular weight is 457 g/mol. The van der Waals surface area contributed by atoms with Gasteiger partial charge in [0.15, 0.2) is 5.75 Å². The van der Waals surface area contributed by atoms with Crippen molar-refractivity contribution in [2.24, 2.45) is 0 Å². The molecule has 3 aromatic rings. The number of hydrogen-bond donors (Lipinski definition) is 1. The molecule has 0 saturated heterocycles. The third-order valence-electron chi connectivity index (χ3n) is 4.44. The van der Waals surface area contributed by atoms with Gasteiger partial charge in [0.1, 0.15) is 0 Å². The molecular formula is C22H24N4O5S. The molecule has 1 N–H and O–H groups in total. The first-order valence-corrected chi connectivity index (χ1v) is 11.0. The third kappa shape index (κ3) is 5.85. The number of benzene rings is 2. The maximum atomic E-state index is 12.2. The average Bonchev–Trinajstić information content (AvgIpc) is 3.25. The van der Waals surface area contributed by atoms with Crippen molar-refractivity contribution in [2.75, 3.05) is 18.2 Å². The Morgan fingerprint density at radius 1 is 1.22 bits per heavy atom. The van der Waals surface area contributed by atoms with Crippen molar-refractivity contribution < 1.29 is 19.0 Å². The molecule has 32 heavy (non-hydrogen) atoms. The predicted molar refractivity (Wildman–Crippen MR) is 123 cm³/mol. The van der Waals surface area contributed by atoms with Crippen LogP contribution < -0.4 is 10.1 Å². The molecule has 168 valence electrons. The summed E-state index contributed by atoms with van der Waals surface area (Å²) in [6, 6.07) is 12.0. The molecule has 2 aromatic carbocycles. The SMILES string of the molecule is COc1ccc(CSCC(=O)Nc2ccc(-c3noc(C(C)(C)C)n3)cc2)cc1[N+](=O)[O-]. The summed E-state index contributed by atoms with van der Waals surface area (Å²) in [5.41, 5.74) is 1.87. The fourth-order valence-electron chi connectivity index (χ4n) is 2.77. The van der Waals surface area contributed by atoms with Crippen molar-refractivity contribution in [3.8, 4) is 17.1 Å². The van der Waals surface area contributed by atoms with Crippen LogP contribution in [0.2, 0.25) is 0 Å². The number of amides is 1. The first kappa shape index (κ1) is 23.3. The fourth-order valence-corrected chi connectivity index (χ4v) is 3.55. The van der Waals surface area contributed by atoms with Gasteiger partial charge in [0.25, 0.3) is 0 Å². The molecule has 0 unspecified atom stereocenters. The molecule has 10 heteroatoms. The topological polar surface area (TPSA) is 120 Å². The Kier molecular flexibility index (Phi) is 7.14. The van der Waals surface area contributed by atoms with Crippen molar-refractivity contribution in [3.05, 3.63) is 64.0 Å². The first-order chi connectivity index (χ1) is 15.2.